The third-order valence-electron chi connectivity index (χ3n) is 7.27. The van der Waals surface area contributed by atoms with E-state index in [4.69, 9.17) is 0 Å². The molecule has 0 aliphatic heterocycles. The van der Waals surface area contributed by atoms with Gasteiger partial charge in [0.05, 0.1) is 54.5 Å². The van der Waals surface area contributed by atoms with Crippen LogP contribution in [-0.2, 0) is 0 Å². The van der Waals surface area contributed by atoms with Gasteiger partial charge in [-0.1, -0.05) is 0 Å². The number of hydrogen-bond acceptors (Lipinski definition) is 12. The summed E-state index contributed by atoms with van der Waals surface area (Å²) in [6.45, 7) is 0. The molecule has 48 heavy (non-hydrogen) atoms. The van der Waals surface area contributed by atoms with Crippen molar-refractivity contribution in [2.45, 2.75) is 12.7 Å². The number of ether oxygens (including phenoxy) is 2. The summed E-state index contributed by atoms with van der Waals surface area (Å²) in [5.41, 5.74) is -13.3. The smallest absolute Gasteiger partial charge is 0.403 e. The number of alkyl halides is 6. The molecule has 0 saturated heterocycles. The van der Waals surface area contributed by atoms with Crippen LogP contribution in [-0.4, -0.2) is 21.9 Å². The number of hydrogen-bond donors (Lipinski definition) is 0. The summed E-state index contributed by atoms with van der Waals surface area (Å²) in [6, 6.07) is 3.06. The van der Waals surface area contributed by atoms with Gasteiger partial charge in [0.25, 0.3) is 22.2 Å². The van der Waals surface area contributed by atoms with E-state index in [1.54, 1.807) is 0 Å². The van der Waals surface area contributed by atoms with Crippen molar-refractivity contribution in [1.82, 2.24) is 9.13 Å². The highest BCUT2D eigenvalue weighted by Gasteiger charge is 2.38. The van der Waals surface area contributed by atoms with Crippen LogP contribution < -0.4 is 54.2 Å². The lowest BCUT2D eigenvalue weighted by atomic mass is 10.1. The number of nitrogens with zero attached hydrogens (tertiary/aromatic N) is 2. The van der Waals surface area contributed by atoms with Crippen LogP contribution in [0.2, 0.25) is 0 Å². The second-order valence-electron chi connectivity index (χ2n) is 10.0. The number of furan rings is 2. The summed E-state index contributed by atoms with van der Waals surface area (Å²) in [5.74, 6) is -3.32. The van der Waals surface area contributed by atoms with Crippen LogP contribution in [0, 0.1) is 0 Å². The molecule has 0 atom stereocenters. The Morgan fingerprint density at radius 2 is 0.688 bits per heavy atom. The van der Waals surface area contributed by atoms with E-state index in [0.29, 0.717) is 0 Å². The molecule has 20 heteroatoms. The summed E-state index contributed by atoms with van der Waals surface area (Å²) >= 11 is 0. The number of aromatic nitrogens is 2. The van der Waals surface area contributed by atoms with Crippen LogP contribution in [0.15, 0.2) is 83.6 Å². The van der Waals surface area contributed by atoms with E-state index in [1.807, 2.05) is 0 Å². The monoisotopic (exact) mass is 676 g/mol. The largest absolute Gasteiger partial charge is 0.573 e. The fourth-order valence-electron chi connectivity index (χ4n) is 5.38. The molecule has 0 bridgehead atoms. The minimum Gasteiger partial charge on any atom is -0.403 e. The molecular weight excluding hydrogens is 670 g/mol. The van der Waals surface area contributed by atoms with E-state index in [0.717, 1.165) is 24.3 Å². The Morgan fingerprint density at radius 3 is 0.938 bits per heavy atom. The molecule has 4 heterocycles. The lowest BCUT2D eigenvalue weighted by Crippen LogP contribution is -2.29. The van der Waals surface area contributed by atoms with Gasteiger partial charge >= 0.3 is 35.2 Å². The number of fused-ring (bicyclic) bond motifs is 4. The molecule has 0 N–H and O–H groups in total. The maximum Gasteiger partial charge on any atom is 0.573 e. The zero-order valence-electron chi connectivity index (χ0n) is 22.5. The first-order valence-corrected chi connectivity index (χ1v) is 12.7. The third-order valence-corrected chi connectivity index (χ3v) is 7.27. The van der Waals surface area contributed by atoms with E-state index in [-0.39, 0.29) is 21.3 Å². The molecule has 7 rings (SSSR count). The molecule has 0 aliphatic carbocycles. The van der Waals surface area contributed by atoms with E-state index in [9.17, 15) is 64.7 Å². The Morgan fingerprint density at radius 1 is 0.417 bits per heavy atom. The molecule has 0 unspecified atom stereocenters. The average molecular weight is 676 g/mol. The Hall–Kier alpha value is -6.60. The van der Waals surface area contributed by atoms with E-state index in [1.165, 1.54) is 0 Å². The molecule has 242 valence electrons. The third kappa shape index (κ3) is 4.36. The van der Waals surface area contributed by atoms with Gasteiger partial charge in [0.15, 0.2) is 11.5 Å². The molecule has 0 saturated carbocycles. The van der Waals surface area contributed by atoms with Crippen LogP contribution >= 0.6 is 0 Å². The van der Waals surface area contributed by atoms with Gasteiger partial charge in [-0.05, 0) is 30.3 Å². The van der Waals surface area contributed by atoms with Crippen molar-refractivity contribution >= 4 is 43.1 Å². The molecule has 14 nitrogen and oxygen atoms in total. The van der Waals surface area contributed by atoms with Crippen molar-refractivity contribution in [2.24, 2.45) is 0 Å². The topological polar surface area (TPSA) is 191 Å². The molecule has 4 aromatic heterocycles. The second kappa shape index (κ2) is 9.47. The van der Waals surface area contributed by atoms with Gasteiger partial charge < -0.3 is 18.3 Å². The molecule has 0 spiro atoms. The van der Waals surface area contributed by atoms with Gasteiger partial charge in [-0.2, -0.15) is 0 Å². The standard InChI is InChI=1S/C28H6F6N2O12/c29-27(30,31)47-17-6-18(48-28(32,33)34)16(36-21(39)9-3-13-14(4-10(9)22(36)40)26(44)46-25(13)43)5-15(17)35-19(37)7-1-11-12(2-8(7)20(35)38)24(42)45-23(11)41/h1-6H. The predicted molar refractivity (Wildman–Crippen MR) is 148 cm³/mol. The first-order valence-electron chi connectivity index (χ1n) is 12.7. The van der Waals surface area contributed by atoms with Crippen molar-refractivity contribution in [1.29, 1.82) is 0 Å². The van der Waals surface area contributed by atoms with Crippen LogP contribution in [0.25, 0.3) is 54.5 Å². The second-order valence-corrected chi connectivity index (χ2v) is 10.0. The first-order chi connectivity index (χ1) is 22.3. The molecule has 3 aromatic carbocycles. The summed E-state index contributed by atoms with van der Waals surface area (Å²) in [7, 11) is 0. The Kier molecular flexibility index (Phi) is 5.93. The minimum atomic E-state index is -5.68. The van der Waals surface area contributed by atoms with Crippen molar-refractivity contribution < 1.29 is 44.7 Å². The normalized spacial score (nSPS) is 12.6. The highest BCUT2D eigenvalue weighted by Crippen LogP contribution is 2.38. The fraction of sp³-hybridized carbons (Fsp3) is 0.0714. The van der Waals surface area contributed by atoms with Crippen molar-refractivity contribution in [3.8, 4) is 22.9 Å². The maximum atomic E-state index is 13.5. The zero-order chi connectivity index (χ0) is 34.8. The Bertz CT molecular complexity index is 2650. The van der Waals surface area contributed by atoms with Crippen molar-refractivity contribution in [3.05, 3.63) is 119 Å². The molecule has 0 fully saturated rings. The lowest BCUT2D eigenvalue weighted by molar-refractivity contribution is -0.276. The molecule has 7 aromatic rings. The maximum absolute atomic E-state index is 13.5. The fourth-order valence-corrected chi connectivity index (χ4v) is 5.38. The molecule has 0 radical (unpaired) electrons. The predicted octanol–water partition coefficient (Wildman–Crippen LogP) is 1.50. The van der Waals surface area contributed by atoms with E-state index >= 15 is 0 Å². The summed E-state index contributed by atoms with van der Waals surface area (Å²) in [6.07, 6.45) is -11.4. The van der Waals surface area contributed by atoms with Gasteiger partial charge in [-0.3, -0.25) is 19.2 Å². The summed E-state index contributed by atoms with van der Waals surface area (Å²) < 4.78 is 97.5. The van der Waals surface area contributed by atoms with Gasteiger partial charge in [-0.15, -0.1) is 26.3 Å². The highest BCUT2D eigenvalue weighted by atomic mass is 19.4. The number of rotatable bonds is 4. The molecule has 0 aliphatic rings. The van der Waals surface area contributed by atoms with E-state index in [2.05, 4.69) is 18.3 Å². The van der Waals surface area contributed by atoms with Crippen molar-refractivity contribution in [2.75, 3.05) is 0 Å². The molecule has 0 amide bonds. The summed E-state index contributed by atoms with van der Waals surface area (Å²) in [5, 5.41) is -4.52. The first kappa shape index (κ1) is 30.1. The lowest BCUT2D eigenvalue weighted by Gasteiger charge is -2.19. The van der Waals surface area contributed by atoms with Crippen LogP contribution in [0.4, 0.5) is 26.3 Å². The van der Waals surface area contributed by atoms with Crippen LogP contribution in [0.1, 0.15) is 0 Å². The van der Waals surface area contributed by atoms with E-state index < -0.39 is 123 Å². The quantitative estimate of drug-likeness (QED) is 0.245. The number of benzene rings is 3. The van der Waals surface area contributed by atoms with Crippen LogP contribution in [0.3, 0.4) is 0 Å². The van der Waals surface area contributed by atoms with Gasteiger partial charge in [0.1, 0.15) is 0 Å². The summed E-state index contributed by atoms with van der Waals surface area (Å²) in [4.78, 5) is 102. The Labute approximate surface area is 252 Å². The highest BCUT2D eigenvalue weighted by molar-refractivity contribution is 5.99. The van der Waals surface area contributed by atoms with Gasteiger partial charge in [-0.25, -0.2) is 28.3 Å². The van der Waals surface area contributed by atoms with Gasteiger partial charge in [0.2, 0.25) is 0 Å². The average Bonchev–Trinajstić information content (AvgIpc) is 3.60. The molecular formula is C28H6F6N2O12. The Balaban J connectivity index is 1.61. The van der Waals surface area contributed by atoms with Crippen LogP contribution in [0.5, 0.6) is 11.5 Å². The SMILES string of the molecule is O=c1oc(=O)c2cc3c(=O)n(-c4cc(-n5c(=O)c6cc7c(=O)oc(=O)c7cc6c5=O)c(OC(F)(F)F)cc4OC(F)(F)F)c(=O)c3cc12. The zero-order valence-corrected chi connectivity index (χ0v) is 22.5. The number of halogens is 6. The minimum absolute atomic E-state index is 0.0288. The van der Waals surface area contributed by atoms with Crippen molar-refractivity contribution in [3.63, 3.8) is 0 Å². The van der Waals surface area contributed by atoms with Gasteiger partial charge in [0, 0.05) is 6.07 Å².